The summed E-state index contributed by atoms with van der Waals surface area (Å²) in [5.74, 6) is 0.569. The van der Waals surface area contributed by atoms with Crippen molar-refractivity contribution in [1.82, 2.24) is 4.90 Å². The maximum absolute atomic E-state index is 13.4. The summed E-state index contributed by atoms with van der Waals surface area (Å²) in [7, 11) is 1.66. The number of nitrogens with zero attached hydrogens (tertiary/aromatic N) is 2. The second-order valence-corrected chi connectivity index (χ2v) is 6.53. The Morgan fingerprint density at radius 2 is 2.08 bits per heavy atom. The predicted octanol–water partition coefficient (Wildman–Crippen LogP) is 3.64. The quantitative estimate of drug-likeness (QED) is 0.792. The third kappa shape index (κ3) is 3.98. The summed E-state index contributed by atoms with van der Waals surface area (Å²) in [6, 6.07) is 12.4. The van der Waals surface area contributed by atoms with Gasteiger partial charge in [0.25, 0.3) is 0 Å². The average Bonchev–Trinajstić information content (AvgIpc) is 2.65. The summed E-state index contributed by atoms with van der Waals surface area (Å²) < 4.78 is 18.9. The molecule has 0 saturated heterocycles. The lowest BCUT2D eigenvalue weighted by molar-refractivity contribution is -0.130. The first kappa shape index (κ1) is 18.2. The molecule has 2 aromatic rings. The molecule has 1 heterocycles. The summed E-state index contributed by atoms with van der Waals surface area (Å²) in [6.07, 6.45) is 2.02. The zero-order valence-electron chi connectivity index (χ0n) is 15.4. The zero-order chi connectivity index (χ0) is 18.5. The van der Waals surface area contributed by atoms with Crippen LogP contribution in [0.5, 0.6) is 5.75 Å². The van der Waals surface area contributed by atoms with E-state index < -0.39 is 0 Å². The van der Waals surface area contributed by atoms with Crippen molar-refractivity contribution in [2.45, 2.75) is 26.3 Å². The lowest BCUT2D eigenvalue weighted by Gasteiger charge is -2.33. The largest absolute Gasteiger partial charge is 0.495 e. The number of carbonyl (C=O) groups is 1. The molecule has 0 aromatic heterocycles. The van der Waals surface area contributed by atoms with Crippen LogP contribution in [-0.4, -0.2) is 37.6 Å². The third-order valence-corrected chi connectivity index (χ3v) is 4.82. The summed E-state index contributed by atoms with van der Waals surface area (Å²) in [6.45, 7) is 4.08. The number of amides is 1. The van der Waals surface area contributed by atoms with Gasteiger partial charge in [-0.1, -0.05) is 24.3 Å². The fraction of sp³-hybridized carbons (Fsp3) is 0.381. The molecule has 0 saturated carbocycles. The molecule has 0 unspecified atom stereocenters. The standard InChI is InChI=1S/C21H25FN2O2/c1-3-23(14-16-7-4-10-18(22)13-16)20(25)15-24-12-6-9-17-8-5-11-19(26-2)21(17)24/h4-5,7-8,10-11,13H,3,6,9,12,14-15H2,1-2H3. The number of anilines is 1. The number of likely N-dealkylation sites (N-methyl/N-ethyl adjacent to an activating group) is 1. The Labute approximate surface area is 154 Å². The SMILES string of the molecule is CCN(Cc1cccc(F)c1)C(=O)CN1CCCc2cccc(OC)c21. The summed E-state index contributed by atoms with van der Waals surface area (Å²) in [5, 5.41) is 0. The number of methoxy groups -OCH3 is 1. The molecular formula is C21H25FN2O2. The number of hydrogen-bond acceptors (Lipinski definition) is 3. The molecule has 1 aliphatic rings. The van der Waals surface area contributed by atoms with E-state index in [9.17, 15) is 9.18 Å². The lowest BCUT2D eigenvalue weighted by Crippen LogP contribution is -2.42. The van der Waals surface area contributed by atoms with E-state index in [0.29, 0.717) is 19.6 Å². The van der Waals surface area contributed by atoms with Crippen molar-refractivity contribution >= 4 is 11.6 Å². The number of carbonyl (C=O) groups excluding carboxylic acids is 1. The van der Waals surface area contributed by atoms with Gasteiger partial charge in [-0.2, -0.15) is 0 Å². The molecular weight excluding hydrogens is 331 g/mol. The minimum atomic E-state index is -0.277. The average molecular weight is 356 g/mol. The normalized spacial score (nSPS) is 13.3. The van der Waals surface area contributed by atoms with Crippen LogP contribution in [-0.2, 0) is 17.8 Å². The second-order valence-electron chi connectivity index (χ2n) is 6.53. The number of fused-ring (bicyclic) bond motifs is 1. The van der Waals surface area contributed by atoms with Crippen molar-refractivity contribution in [2.75, 3.05) is 31.6 Å². The number of benzene rings is 2. The third-order valence-electron chi connectivity index (χ3n) is 4.82. The molecule has 138 valence electrons. The Hall–Kier alpha value is -2.56. The van der Waals surface area contributed by atoms with E-state index in [-0.39, 0.29) is 11.7 Å². The molecule has 5 heteroatoms. The zero-order valence-corrected chi connectivity index (χ0v) is 15.4. The molecule has 26 heavy (non-hydrogen) atoms. The van der Waals surface area contributed by atoms with Crippen LogP contribution in [0.2, 0.25) is 0 Å². The first-order valence-electron chi connectivity index (χ1n) is 9.05. The van der Waals surface area contributed by atoms with Gasteiger partial charge >= 0.3 is 0 Å². The number of aryl methyl sites for hydroxylation is 1. The number of hydrogen-bond donors (Lipinski definition) is 0. The Balaban J connectivity index is 1.75. The van der Waals surface area contributed by atoms with E-state index in [1.807, 2.05) is 25.1 Å². The van der Waals surface area contributed by atoms with Gasteiger partial charge in [-0.15, -0.1) is 0 Å². The van der Waals surface area contributed by atoms with E-state index in [4.69, 9.17) is 4.74 Å². The van der Waals surface area contributed by atoms with Gasteiger partial charge in [0.05, 0.1) is 19.3 Å². The molecule has 2 aromatic carbocycles. The minimum Gasteiger partial charge on any atom is -0.495 e. The molecule has 0 radical (unpaired) electrons. The molecule has 3 rings (SSSR count). The van der Waals surface area contributed by atoms with Gasteiger partial charge in [0.2, 0.25) is 5.91 Å². The minimum absolute atomic E-state index is 0.0375. The predicted molar refractivity (Wildman–Crippen MR) is 101 cm³/mol. The van der Waals surface area contributed by atoms with Gasteiger partial charge in [0.1, 0.15) is 11.6 Å². The van der Waals surface area contributed by atoms with Gasteiger partial charge in [-0.05, 0) is 49.1 Å². The first-order valence-corrected chi connectivity index (χ1v) is 9.05. The van der Waals surface area contributed by atoms with Gasteiger partial charge in [0, 0.05) is 19.6 Å². The lowest BCUT2D eigenvalue weighted by atomic mass is 10.0. The molecule has 0 spiro atoms. The Kier molecular flexibility index (Phi) is 5.76. The van der Waals surface area contributed by atoms with E-state index in [1.54, 1.807) is 18.1 Å². The van der Waals surface area contributed by atoms with Crippen LogP contribution < -0.4 is 9.64 Å². The molecule has 4 nitrogen and oxygen atoms in total. The first-order chi connectivity index (χ1) is 12.6. The molecule has 0 aliphatic carbocycles. The maximum atomic E-state index is 13.4. The number of halogens is 1. The maximum Gasteiger partial charge on any atom is 0.242 e. The van der Waals surface area contributed by atoms with Crippen LogP contribution in [0.3, 0.4) is 0 Å². The highest BCUT2D eigenvalue weighted by atomic mass is 19.1. The van der Waals surface area contributed by atoms with E-state index >= 15 is 0 Å². The van der Waals surface area contributed by atoms with Gasteiger partial charge < -0.3 is 14.5 Å². The molecule has 0 fully saturated rings. The molecule has 0 atom stereocenters. The van der Waals surface area contributed by atoms with Crippen LogP contribution in [0.25, 0.3) is 0 Å². The van der Waals surface area contributed by atoms with Crippen LogP contribution >= 0.6 is 0 Å². The number of ether oxygens (including phenoxy) is 1. The van der Waals surface area contributed by atoms with Crippen molar-refractivity contribution in [1.29, 1.82) is 0 Å². The summed E-state index contributed by atoms with van der Waals surface area (Å²) >= 11 is 0. The molecule has 0 N–H and O–H groups in total. The highest BCUT2D eigenvalue weighted by molar-refractivity contribution is 5.83. The Morgan fingerprint density at radius 3 is 2.81 bits per heavy atom. The second kappa shape index (κ2) is 8.21. The van der Waals surface area contributed by atoms with Crippen molar-refractivity contribution in [3.8, 4) is 5.75 Å². The monoisotopic (exact) mass is 356 g/mol. The molecule has 1 aliphatic heterocycles. The van der Waals surface area contributed by atoms with Crippen LogP contribution in [0, 0.1) is 5.82 Å². The van der Waals surface area contributed by atoms with Crippen LogP contribution in [0.4, 0.5) is 10.1 Å². The topological polar surface area (TPSA) is 32.8 Å². The fourth-order valence-electron chi connectivity index (χ4n) is 3.52. The molecule has 1 amide bonds. The highest BCUT2D eigenvalue weighted by Crippen LogP contribution is 2.36. The van der Waals surface area contributed by atoms with Gasteiger partial charge in [0.15, 0.2) is 0 Å². The van der Waals surface area contributed by atoms with Crippen molar-refractivity contribution in [3.63, 3.8) is 0 Å². The van der Waals surface area contributed by atoms with Crippen molar-refractivity contribution in [2.24, 2.45) is 0 Å². The summed E-state index contributed by atoms with van der Waals surface area (Å²) in [5.41, 5.74) is 3.05. The van der Waals surface area contributed by atoms with Crippen LogP contribution in [0.15, 0.2) is 42.5 Å². The Morgan fingerprint density at radius 1 is 1.27 bits per heavy atom. The van der Waals surface area contributed by atoms with E-state index in [2.05, 4.69) is 11.0 Å². The van der Waals surface area contributed by atoms with Gasteiger partial charge in [-0.25, -0.2) is 4.39 Å². The number of rotatable bonds is 6. The van der Waals surface area contributed by atoms with Crippen molar-refractivity contribution < 1.29 is 13.9 Å². The smallest absolute Gasteiger partial charge is 0.242 e. The Bertz CT molecular complexity index is 764. The van der Waals surface area contributed by atoms with Gasteiger partial charge in [-0.3, -0.25) is 4.79 Å². The van der Waals surface area contributed by atoms with Crippen LogP contribution in [0.1, 0.15) is 24.5 Å². The fourth-order valence-corrected chi connectivity index (χ4v) is 3.52. The van der Waals surface area contributed by atoms with E-state index in [1.165, 1.54) is 17.7 Å². The number of para-hydroxylation sites is 1. The highest BCUT2D eigenvalue weighted by Gasteiger charge is 2.24. The summed E-state index contributed by atoms with van der Waals surface area (Å²) in [4.78, 5) is 16.8. The van der Waals surface area contributed by atoms with Crippen molar-refractivity contribution in [3.05, 3.63) is 59.4 Å². The van der Waals surface area contributed by atoms with E-state index in [0.717, 1.165) is 36.4 Å². The molecule has 0 bridgehead atoms.